The summed E-state index contributed by atoms with van der Waals surface area (Å²) in [6, 6.07) is 0. The number of ether oxygens (including phenoxy) is 4. The highest BCUT2D eigenvalue weighted by Crippen LogP contribution is 2.45. The van der Waals surface area contributed by atoms with Crippen molar-refractivity contribution in [2.75, 3.05) is 39.6 Å². The Bertz CT molecular complexity index is 1880. The molecule has 3 unspecified atom stereocenters. The molecule has 19 heteroatoms. The van der Waals surface area contributed by atoms with Crippen molar-refractivity contribution in [2.45, 2.75) is 368 Å². The lowest BCUT2D eigenvalue weighted by molar-refractivity contribution is -0.161. The first kappa shape index (κ1) is 89.5. The molecule has 0 saturated carbocycles. The molecule has 0 aromatic rings. The van der Waals surface area contributed by atoms with Crippen molar-refractivity contribution in [3.63, 3.8) is 0 Å². The predicted molar refractivity (Wildman–Crippen MR) is 372 cm³/mol. The number of unbranched alkanes of at least 4 members (excludes halogenated alkanes) is 36. The van der Waals surface area contributed by atoms with Gasteiger partial charge >= 0.3 is 39.5 Å². The van der Waals surface area contributed by atoms with Crippen LogP contribution in [0.2, 0.25) is 0 Å². The van der Waals surface area contributed by atoms with Gasteiger partial charge in [0.05, 0.1) is 26.4 Å². The highest BCUT2D eigenvalue weighted by atomic mass is 31.2. The molecule has 542 valence electrons. The lowest BCUT2D eigenvalue weighted by Gasteiger charge is -2.21. The Hall–Kier alpha value is -2.46. The molecule has 3 N–H and O–H groups in total. The second-order valence-electron chi connectivity index (χ2n) is 26.4. The second-order valence-corrected chi connectivity index (χ2v) is 29.3. The highest BCUT2D eigenvalue weighted by molar-refractivity contribution is 7.47. The minimum atomic E-state index is -4.96. The van der Waals surface area contributed by atoms with Crippen LogP contribution in [0.5, 0.6) is 0 Å². The van der Waals surface area contributed by atoms with E-state index in [4.69, 9.17) is 37.0 Å². The van der Waals surface area contributed by atoms with E-state index in [1.54, 1.807) is 0 Å². The van der Waals surface area contributed by atoms with Gasteiger partial charge in [0.1, 0.15) is 19.3 Å². The van der Waals surface area contributed by atoms with E-state index < -0.39 is 97.5 Å². The molecule has 0 spiro atoms. The van der Waals surface area contributed by atoms with E-state index in [0.29, 0.717) is 25.7 Å². The molecule has 0 aromatic carbocycles. The van der Waals surface area contributed by atoms with Crippen molar-refractivity contribution >= 4 is 39.5 Å². The summed E-state index contributed by atoms with van der Waals surface area (Å²) in [5, 5.41) is 10.6. The number of aliphatic hydroxyl groups excluding tert-OH is 1. The number of phosphoric acid groups is 2. The fourth-order valence-electron chi connectivity index (χ4n) is 10.5. The van der Waals surface area contributed by atoms with E-state index in [1.807, 2.05) is 0 Å². The lowest BCUT2D eigenvalue weighted by atomic mass is 9.99. The van der Waals surface area contributed by atoms with E-state index in [2.05, 4.69) is 65.8 Å². The molecule has 0 bridgehead atoms. The van der Waals surface area contributed by atoms with Crippen molar-refractivity contribution in [2.24, 2.45) is 11.8 Å². The van der Waals surface area contributed by atoms with E-state index >= 15 is 0 Å². The summed E-state index contributed by atoms with van der Waals surface area (Å²) in [5.41, 5.74) is 0. The van der Waals surface area contributed by atoms with Gasteiger partial charge in [0.2, 0.25) is 0 Å². The molecule has 0 aliphatic carbocycles. The maximum Gasteiger partial charge on any atom is 0.472 e. The Kier molecular flexibility index (Phi) is 62.8. The molecule has 0 aromatic heterocycles. The maximum atomic E-state index is 13.0. The largest absolute Gasteiger partial charge is 0.472 e. The van der Waals surface area contributed by atoms with Crippen LogP contribution in [-0.4, -0.2) is 96.7 Å². The Morgan fingerprint density at radius 1 is 0.359 bits per heavy atom. The van der Waals surface area contributed by atoms with Crippen LogP contribution in [-0.2, 0) is 65.4 Å². The summed E-state index contributed by atoms with van der Waals surface area (Å²) in [6.07, 6.45) is 53.4. The molecule has 0 amide bonds. The summed E-state index contributed by atoms with van der Waals surface area (Å²) < 4.78 is 68.4. The first-order valence-electron chi connectivity index (χ1n) is 37.3. The van der Waals surface area contributed by atoms with Crippen LogP contribution < -0.4 is 0 Å². The number of aliphatic hydroxyl groups is 1. The number of carbonyl (C=O) groups excluding carboxylic acids is 4. The summed E-state index contributed by atoms with van der Waals surface area (Å²) >= 11 is 0. The normalized spacial score (nSPS) is 14.5. The fourth-order valence-corrected chi connectivity index (χ4v) is 12.1. The Morgan fingerprint density at radius 2 is 0.641 bits per heavy atom. The summed E-state index contributed by atoms with van der Waals surface area (Å²) in [5.74, 6) is -0.659. The van der Waals surface area contributed by atoms with Gasteiger partial charge in [-0.05, 0) is 63.2 Å². The second kappa shape index (κ2) is 64.5. The summed E-state index contributed by atoms with van der Waals surface area (Å²) in [7, 11) is -9.92. The average Bonchev–Trinajstić information content (AvgIpc) is 3.65. The molecule has 0 radical (unpaired) electrons. The highest BCUT2D eigenvalue weighted by Gasteiger charge is 2.30. The first-order chi connectivity index (χ1) is 44.4. The molecular weight excluding hydrogens is 1210 g/mol. The van der Waals surface area contributed by atoms with Crippen LogP contribution in [0.15, 0.2) is 24.3 Å². The van der Waals surface area contributed by atoms with E-state index in [-0.39, 0.29) is 25.7 Å². The third-order valence-corrected chi connectivity index (χ3v) is 18.6. The Balaban J connectivity index is 5.30. The quantitative estimate of drug-likeness (QED) is 0.0169. The van der Waals surface area contributed by atoms with Gasteiger partial charge in [0.15, 0.2) is 12.2 Å². The number of hydrogen-bond donors (Lipinski definition) is 3. The van der Waals surface area contributed by atoms with Crippen molar-refractivity contribution < 1.29 is 80.2 Å². The van der Waals surface area contributed by atoms with Crippen LogP contribution in [0.4, 0.5) is 0 Å². The van der Waals surface area contributed by atoms with Crippen LogP contribution in [0.3, 0.4) is 0 Å². The molecule has 92 heavy (non-hydrogen) atoms. The molecule has 0 aliphatic heterocycles. The maximum absolute atomic E-state index is 13.0. The fraction of sp³-hybridized carbons (Fsp3) is 0.890. The van der Waals surface area contributed by atoms with Crippen molar-refractivity contribution in [1.82, 2.24) is 0 Å². The molecular formula is C73H138O17P2. The van der Waals surface area contributed by atoms with Gasteiger partial charge < -0.3 is 33.8 Å². The van der Waals surface area contributed by atoms with Crippen LogP contribution >= 0.6 is 15.6 Å². The van der Waals surface area contributed by atoms with Gasteiger partial charge in [-0.3, -0.25) is 37.3 Å². The number of rotatable bonds is 70. The smallest absolute Gasteiger partial charge is 0.462 e. The molecule has 17 nitrogen and oxygen atoms in total. The Morgan fingerprint density at radius 3 is 0.978 bits per heavy atom. The average molecular weight is 1350 g/mol. The van der Waals surface area contributed by atoms with Crippen molar-refractivity contribution in [3.8, 4) is 0 Å². The molecule has 6 atom stereocenters. The minimum Gasteiger partial charge on any atom is -0.462 e. The first-order valence-corrected chi connectivity index (χ1v) is 40.3. The zero-order valence-corrected chi connectivity index (χ0v) is 61.1. The molecule has 0 saturated heterocycles. The number of allylic oxidation sites excluding steroid dienone is 4. The van der Waals surface area contributed by atoms with Gasteiger partial charge in [-0.25, -0.2) is 9.13 Å². The van der Waals surface area contributed by atoms with E-state index in [1.165, 1.54) is 154 Å². The molecule has 0 heterocycles. The molecule has 0 rings (SSSR count). The van der Waals surface area contributed by atoms with Gasteiger partial charge in [0, 0.05) is 25.7 Å². The van der Waals surface area contributed by atoms with Crippen molar-refractivity contribution in [3.05, 3.63) is 24.3 Å². The third-order valence-electron chi connectivity index (χ3n) is 16.7. The molecule has 0 fully saturated rings. The van der Waals surface area contributed by atoms with Crippen molar-refractivity contribution in [1.29, 1.82) is 0 Å². The number of hydrogen-bond acceptors (Lipinski definition) is 15. The van der Waals surface area contributed by atoms with Crippen LogP contribution in [0.1, 0.15) is 350 Å². The Labute approximate surface area is 561 Å². The van der Waals surface area contributed by atoms with Gasteiger partial charge in [-0.15, -0.1) is 0 Å². The van der Waals surface area contributed by atoms with Crippen LogP contribution in [0.25, 0.3) is 0 Å². The predicted octanol–water partition coefficient (Wildman–Crippen LogP) is 20.7. The topological polar surface area (TPSA) is 237 Å². The minimum absolute atomic E-state index is 0.0852. The van der Waals surface area contributed by atoms with E-state index in [0.717, 1.165) is 115 Å². The summed E-state index contributed by atoms with van der Waals surface area (Å²) in [6.45, 7) is 9.46. The van der Waals surface area contributed by atoms with E-state index in [9.17, 15) is 43.2 Å². The van der Waals surface area contributed by atoms with Gasteiger partial charge in [-0.1, -0.05) is 297 Å². The zero-order valence-electron chi connectivity index (χ0n) is 59.3. The molecule has 0 aliphatic rings. The standard InChI is InChI=1S/C73H138O17P2/c1-7-10-12-14-16-18-20-22-24-26-28-30-39-45-51-57-72(77)89-68(61-83-70(75)55-49-43-37-29-27-25-23-21-19-17-15-13-11-8-2)63-87-91(79,80)85-59-67(74)60-86-92(81,82)88-64-69(62-84-71(76)56-50-44-38-33-31-35-41-47-53-65(4)5)90-73(78)58-52-46-40-34-32-36-42-48-54-66(6)9-3/h18,20,22,24,65-69,74H,7-17,19,21,23,25-64H2,1-6H3,(H,79,80)(H,81,82)/b20-18-,24-22-/t66?,67-,68-,69-/m1/s1. The number of phosphoric ester groups is 2. The monoisotopic (exact) mass is 1350 g/mol. The summed E-state index contributed by atoms with van der Waals surface area (Å²) in [4.78, 5) is 72.7. The third kappa shape index (κ3) is 64.9. The zero-order chi connectivity index (χ0) is 67.9. The number of esters is 4. The SMILES string of the molecule is CCCCCC/C=C\C=C/CCCCCCCC(=O)O[C@H](COC(=O)CCCCCCCCCCCCCCCC)COP(=O)(O)OC[C@@H](O)COP(=O)(O)OC[C@@H](COC(=O)CCCCCCCCCCC(C)C)OC(=O)CCCCCCCCCCC(C)CC. The van der Waals surface area contributed by atoms with Gasteiger partial charge in [-0.2, -0.15) is 0 Å². The lowest BCUT2D eigenvalue weighted by Crippen LogP contribution is -2.30. The number of carbonyl (C=O) groups is 4. The van der Waals surface area contributed by atoms with Crippen LogP contribution in [0, 0.1) is 11.8 Å². The van der Waals surface area contributed by atoms with Gasteiger partial charge in [0.25, 0.3) is 0 Å².